The fourth-order valence-corrected chi connectivity index (χ4v) is 9.63. The molecule has 4 nitrogen and oxygen atoms in total. The number of aromatic nitrogens is 1. The van der Waals surface area contributed by atoms with Crippen molar-refractivity contribution >= 4 is 33.5 Å². The maximum atomic E-state index is 9.17. The van der Waals surface area contributed by atoms with Crippen molar-refractivity contribution in [1.82, 2.24) is 9.88 Å². The van der Waals surface area contributed by atoms with Crippen molar-refractivity contribution in [1.29, 1.82) is 5.41 Å². The van der Waals surface area contributed by atoms with Gasteiger partial charge in [-0.3, -0.25) is 5.41 Å². The summed E-state index contributed by atoms with van der Waals surface area (Å²) in [4.78, 5) is 4.77. The first kappa shape index (κ1) is 32.2. The summed E-state index contributed by atoms with van der Waals surface area (Å²) < 4.78 is 2.34. The molecule has 9 aromatic rings. The minimum atomic E-state index is -0.452. The van der Waals surface area contributed by atoms with Crippen LogP contribution in [-0.4, -0.2) is 23.3 Å². The van der Waals surface area contributed by atoms with Gasteiger partial charge >= 0.3 is 0 Å². The van der Waals surface area contributed by atoms with Crippen molar-refractivity contribution in [2.24, 2.45) is 4.99 Å². The summed E-state index contributed by atoms with van der Waals surface area (Å²) in [5, 5.41) is 14.6. The lowest BCUT2D eigenvalue weighted by atomic mass is 9.68. The van der Waals surface area contributed by atoms with Crippen LogP contribution in [0.1, 0.15) is 33.4 Å². The molecule has 0 radical (unpaired) electrons. The van der Waals surface area contributed by atoms with Gasteiger partial charge in [0.1, 0.15) is 5.84 Å². The second kappa shape index (κ2) is 12.4. The first-order valence-corrected chi connectivity index (χ1v) is 19.1. The van der Waals surface area contributed by atoms with Crippen molar-refractivity contribution in [3.8, 4) is 39.1 Å². The van der Waals surface area contributed by atoms with Crippen LogP contribution in [0.3, 0.4) is 0 Å². The summed E-state index contributed by atoms with van der Waals surface area (Å²) in [6.07, 6.45) is 0. The normalized spacial score (nSPS) is 13.4. The minimum absolute atomic E-state index is 0.205. The van der Waals surface area contributed by atoms with Crippen LogP contribution < -0.4 is 5.32 Å². The number of fused-ring (bicyclic) bond motifs is 13. The fraction of sp³-hybridized carbons (Fsp3) is 0.0385. The Labute approximate surface area is 325 Å². The third kappa shape index (κ3) is 4.47. The van der Waals surface area contributed by atoms with E-state index in [0.717, 1.165) is 44.2 Å². The molecule has 1 aromatic heterocycles. The summed E-state index contributed by atoms with van der Waals surface area (Å²) in [6, 6.07) is 67.6. The highest BCUT2D eigenvalue weighted by atomic mass is 15.0. The van der Waals surface area contributed by atoms with Gasteiger partial charge < -0.3 is 9.88 Å². The Morgan fingerprint density at radius 3 is 1.66 bits per heavy atom. The van der Waals surface area contributed by atoms with E-state index >= 15 is 0 Å². The van der Waals surface area contributed by atoms with E-state index in [1.54, 1.807) is 0 Å². The van der Waals surface area contributed by atoms with Crippen LogP contribution in [0.5, 0.6) is 0 Å². The van der Waals surface area contributed by atoms with Gasteiger partial charge in [-0.2, -0.15) is 0 Å². The molecule has 2 N–H and O–H groups in total. The van der Waals surface area contributed by atoms with Crippen LogP contribution in [0.4, 0.5) is 0 Å². The van der Waals surface area contributed by atoms with Crippen molar-refractivity contribution in [3.05, 3.63) is 221 Å². The number of nitrogens with one attached hydrogen (secondary N) is 2. The molecular formula is C52H36N4. The predicted molar refractivity (Wildman–Crippen MR) is 231 cm³/mol. The van der Waals surface area contributed by atoms with Gasteiger partial charge in [0.05, 0.1) is 16.4 Å². The molecule has 2 aliphatic carbocycles. The molecule has 0 saturated heterocycles. The summed E-state index contributed by atoms with van der Waals surface area (Å²) in [5.41, 5.74) is 17.4. The Hall–Kier alpha value is -7.30. The van der Waals surface area contributed by atoms with Crippen LogP contribution in [-0.2, 0) is 5.41 Å². The molecule has 8 aromatic carbocycles. The van der Waals surface area contributed by atoms with Crippen molar-refractivity contribution in [3.63, 3.8) is 0 Å². The van der Waals surface area contributed by atoms with E-state index in [1.807, 2.05) is 43.4 Å². The Morgan fingerprint density at radius 2 is 1.02 bits per heavy atom. The number of para-hydroxylation sites is 1. The molecular weight excluding hydrogens is 681 g/mol. The first-order valence-electron chi connectivity index (χ1n) is 19.1. The maximum Gasteiger partial charge on any atom is 0.154 e. The lowest BCUT2D eigenvalue weighted by Gasteiger charge is -2.32. The van der Waals surface area contributed by atoms with Gasteiger partial charge in [0.2, 0.25) is 0 Å². The molecule has 2 aliphatic rings. The zero-order valence-corrected chi connectivity index (χ0v) is 30.8. The molecule has 11 rings (SSSR count). The second-order valence-corrected chi connectivity index (χ2v) is 14.7. The third-order valence-electron chi connectivity index (χ3n) is 11.9. The van der Waals surface area contributed by atoms with Gasteiger partial charge in [-0.1, -0.05) is 146 Å². The van der Waals surface area contributed by atoms with E-state index in [2.05, 4.69) is 162 Å². The monoisotopic (exact) mass is 716 g/mol. The number of hydrogen-bond acceptors (Lipinski definition) is 1. The Bertz CT molecular complexity index is 3020. The van der Waals surface area contributed by atoms with E-state index in [1.165, 1.54) is 50.1 Å². The Balaban J connectivity index is 1.16. The number of nitrogens with zero attached hydrogens (tertiary/aromatic N) is 2. The van der Waals surface area contributed by atoms with E-state index in [9.17, 15) is 0 Å². The minimum Gasteiger partial charge on any atom is -0.373 e. The molecule has 1 spiro atoms. The summed E-state index contributed by atoms with van der Waals surface area (Å²) >= 11 is 0. The van der Waals surface area contributed by atoms with Crippen molar-refractivity contribution < 1.29 is 0 Å². The first-order chi connectivity index (χ1) is 27.7. The number of rotatable bonds is 4. The smallest absolute Gasteiger partial charge is 0.154 e. The molecule has 264 valence electrons. The van der Waals surface area contributed by atoms with Gasteiger partial charge in [-0.05, 0) is 98.1 Å². The molecule has 1 heterocycles. The van der Waals surface area contributed by atoms with Crippen LogP contribution in [0, 0.1) is 5.41 Å². The molecule has 0 unspecified atom stereocenters. The van der Waals surface area contributed by atoms with E-state index in [4.69, 9.17) is 10.4 Å². The predicted octanol–water partition coefficient (Wildman–Crippen LogP) is 11.8. The van der Waals surface area contributed by atoms with Crippen molar-refractivity contribution in [2.45, 2.75) is 5.41 Å². The van der Waals surface area contributed by atoms with Crippen LogP contribution >= 0.6 is 0 Å². The van der Waals surface area contributed by atoms with Gasteiger partial charge in [-0.15, -0.1) is 0 Å². The standard InChI is InChI=1S/C52H36N4/c1-54-51(33-15-4-2-5-16-33)55-50(53)35-28-30-48-43(32-35)42-31-34(27-29-47(42)56(48)36-17-6-3-7-18-36)37-22-14-23-41-40-21-10-13-26-46(40)52(49(37)41)44-24-11-8-19-38(44)39-20-9-12-25-45(39)52/h2-32H,1H3,(H2,53,54,55). The molecule has 0 saturated carbocycles. The zero-order chi connectivity index (χ0) is 37.4. The molecule has 4 heteroatoms. The quantitative estimate of drug-likeness (QED) is 0.138. The van der Waals surface area contributed by atoms with Gasteiger partial charge in [-0.25, -0.2) is 4.99 Å². The average Bonchev–Trinajstić information content (AvgIpc) is 3.87. The molecule has 0 aliphatic heterocycles. The second-order valence-electron chi connectivity index (χ2n) is 14.7. The fourth-order valence-electron chi connectivity index (χ4n) is 9.63. The molecule has 0 atom stereocenters. The maximum absolute atomic E-state index is 9.17. The number of amidine groups is 2. The largest absolute Gasteiger partial charge is 0.373 e. The third-order valence-corrected chi connectivity index (χ3v) is 11.9. The molecule has 0 fully saturated rings. The van der Waals surface area contributed by atoms with Gasteiger partial charge in [0.15, 0.2) is 5.84 Å². The molecule has 0 bridgehead atoms. The topological polar surface area (TPSA) is 53.2 Å². The SMILES string of the molecule is CNC(=NC(=N)c1ccc2c(c1)c1cc(-c3cccc4c3C3(c5ccccc5-c5ccccc53)c3ccccc3-4)ccc1n2-c1ccccc1)c1ccccc1. The average molecular weight is 717 g/mol. The number of benzene rings is 8. The zero-order valence-electron chi connectivity index (χ0n) is 30.8. The van der Waals surface area contributed by atoms with Crippen molar-refractivity contribution in [2.75, 3.05) is 7.05 Å². The Kier molecular flexibility index (Phi) is 7.10. The highest BCUT2D eigenvalue weighted by molar-refractivity contribution is 6.15. The summed E-state index contributed by atoms with van der Waals surface area (Å²) in [5.74, 6) is 0.864. The van der Waals surface area contributed by atoms with Gasteiger partial charge in [0, 0.05) is 34.6 Å². The van der Waals surface area contributed by atoms with E-state index in [0.29, 0.717) is 5.84 Å². The number of aliphatic imine (C=N–C) groups is 1. The lowest BCUT2D eigenvalue weighted by Crippen LogP contribution is -2.26. The van der Waals surface area contributed by atoms with Crippen LogP contribution in [0.15, 0.2) is 193 Å². The molecule has 56 heavy (non-hydrogen) atoms. The number of hydrogen-bond donors (Lipinski definition) is 2. The van der Waals surface area contributed by atoms with Gasteiger partial charge in [0.25, 0.3) is 0 Å². The highest BCUT2D eigenvalue weighted by Gasteiger charge is 2.52. The lowest BCUT2D eigenvalue weighted by molar-refractivity contribution is 0.796. The van der Waals surface area contributed by atoms with E-state index in [-0.39, 0.29) is 5.84 Å². The Morgan fingerprint density at radius 1 is 0.500 bits per heavy atom. The van der Waals surface area contributed by atoms with Crippen LogP contribution in [0.25, 0.3) is 60.9 Å². The summed E-state index contributed by atoms with van der Waals surface area (Å²) in [7, 11) is 1.85. The summed E-state index contributed by atoms with van der Waals surface area (Å²) in [6.45, 7) is 0. The highest BCUT2D eigenvalue weighted by Crippen LogP contribution is 2.64. The van der Waals surface area contributed by atoms with E-state index < -0.39 is 5.41 Å². The van der Waals surface area contributed by atoms with Crippen LogP contribution in [0.2, 0.25) is 0 Å². The molecule has 0 amide bonds.